The van der Waals surface area contributed by atoms with Crippen LogP contribution in [0.3, 0.4) is 0 Å². The Morgan fingerprint density at radius 3 is 1.73 bits per heavy atom. The summed E-state index contributed by atoms with van der Waals surface area (Å²) in [7, 11) is 0. The summed E-state index contributed by atoms with van der Waals surface area (Å²) in [5.41, 5.74) is 8.99. The molecule has 1 heterocycles. The lowest BCUT2D eigenvalue weighted by molar-refractivity contribution is -0.143. The van der Waals surface area contributed by atoms with Crippen LogP contribution in [0.15, 0.2) is 91.1 Å². The Labute approximate surface area is 346 Å². The Hall–Kier alpha value is -6.20. The second-order valence-electron chi connectivity index (χ2n) is 14.3. The first kappa shape index (κ1) is 45.5. The molecule has 1 aromatic heterocycles. The van der Waals surface area contributed by atoms with Gasteiger partial charge >= 0.3 is 11.9 Å². The van der Waals surface area contributed by atoms with E-state index in [1.165, 1.54) is 0 Å². The van der Waals surface area contributed by atoms with Crippen molar-refractivity contribution in [3.63, 3.8) is 0 Å². The van der Waals surface area contributed by atoms with Gasteiger partial charge in [0.25, 0.3) is 0 Å². The highest BCUT2D eigenvalue weighted by atomic mass is 32.1. The van der Waals surface area contributed by atoms with E-state index >= 15 is 0 Å². The minimum atomic E-state index is -1.75. The number of rotatable bonds is 22. The summed E-state index contributed by atoms with van der Waals surface area (Å²) < 4.78 is 0. The number of carboxylic acid groups (broad SMARTS) is 2. The van der Waals surface area contributed by atoms with Crippen LogP contribution in [0.1, 0.15) is 43.4 Å². The van der Waals surface area contributed by atoms with Crippen LogP contribution in [0.5, 0.6) is 0 Å². The number of fused-ring (bicyclic) bond motifs is 1. The van der Waals surface area contributed by atoms with Gasteiger partial charge in [-0.15, -0.1) is 0 Å². The lowest BCUT2D eigenvalue weighted by Gasteiger charge is -2.28. The summed E-state index contributed by atoms with van der Waals surface area (Å²) in [6.07, 6.45) is 1.18. The van der Waals surface area contributed by atoms with Crippen LogP contribution in [0.4, 0.5) is 0 Å². The predicted octanol–water partition coefficient (Wildman–Crippen LogP) is 1.48. The van der Waals surface area contributed by atoms with Gasteiger partial charge in [-0.05, 0) is 35.1 Å². The van der Waals surface area contributed by atoms with Gasteiger partial charge in [0.05, 0.1) is 12.5 Å². The normalized spacial score (nSPS) is 14.6. The van der Waals surface area contributed by atoms with Crippen molar-refractivity contribution in [2.75, 3.05) is 5.75 Å². The monoisotopic (exact) mass is 829 g/mol. The number of nitrogens with one attached hydrogen (secondary N) is 6. The van der Waals surface area contributed by atoms with Crippen molar-refractivity contribution in [2.45, 2.75) is 82.2 Å². The van der Waals surface area contributed by atoms with Gasteiger partial charge in [-0.2, -0.15) is 12.6 Å². The van der Waals surface area contributed by atoms with Crippen molar-refractivity contribution in [1.82, 2.24) is 31.6 Å². The number of carbonyl (C=O) groups excluding carboxylic acids is 5. The zero-order chi connectivity index (χ0) is 43.1. The van der Waals surface area contributed by atoms with Crippen LogP contribution in [-0.4, -0.2) is 98.7 Å². The van der Waals surface area contributed by atoms with Gasteiger partial charge in [0.1, 0.15) is 30.2 Å². The van der Waals surface area contributed by atoms with E-state index in [1.807, 2.05) is 37.3 Å². The Bertz CT molecular complexity index is 2080. The Morgan fingerprint density at radius 2 is 1.15 bits per heavy atom. The molecule has 0 unspecified atom stereocenters. The van der Waals surface area contributed by atoms with Gasteiger partial charge in [-0.3, -0.25) is 28.8 Å². The van der Waals surface area contributed by atoms with E-state index in [0.717, 1.165) is 16.5 Å². The minimum absolute atomic E-state index is 0.0829. The number of nitrogens with two attached hydrogens (primary N) is 1. The Kier molecular flexibility index (Phi) is 17.0. The summed E-state index contributed by atoms with van der Waals surface area (Å²) >= 11 is 4.01. The number of aliphatic carboxylic acids is 2. The SMILES string of the molecule is CC[C@H](C)[C@H](NC(=O)[C@@H](N)Cc1ccccc1)C(=O)N[C@@H](Cc1ccccc1)C(=O)N[C@@H](CC(=O)O)C(=O)N[C@@H](Cc1c[nH]c2ccccc12)C(=O)N[C@@H](CS)C(=O)O. The van der Waals surface area contributed by atoms with E-state index < -0.39 is 90.1 Å². The molecule has 7 atom stereocenters. The van der Waals surface area contributed by atoms with Gasteiger partial charge in [0, 0.05) is 35.7 Å². The number of para-hydroxylation sites is 1. The number of benzene rings is 3. The molecule has 10 N–H and O–H groups in total. The van der Waals surface area contributed by atoms with E-state index in [4.69, 9.17) is 5.73 Å². The molecular formula is C42H51N7O9S. The van der Waals surface area contributed by atoms with Crippen molar-refractivity contribution in [2.24, 2.45) is 11.7 Å². The third kappa shape index (κ3) is 13.4. The van der Waals surface area contributed by atoms with Crippen LogP contribution >= 0.6 is 12.6 Å². The van der Waals surface area contributed by atoms with Crippen LogP contribution in [-0.2, 0) is 52.8 Å². The van der Waals surface area contributed by atoms with E-state index in [0.29, 0.717) is 17.5 Å². The number of hydrogen-bond acceptors (Lipinski definition) is 9. The summed E-state index contributed by atoms with van der Waals surface area (Å²) in [5, 5.41) is 32.9. The molecule has 0 aliphatic carbocycles. The Balaban J connectivity index is 1.58. The maximum atomic E-state index is 14.1. The molecule has 314 valence electrons. The van der Waals surface area contributed by atoms with Crippen molar-refractivity contribution in [3.8, 4) is 0 Å². The van der Waals surface area contributed by atoms with E-state index in [9.17, 15) is 43.8 Å². The fraction of sp³-hybridized carbons (Fsp3) is 0.357. The third-order valence-corrected chi connectivity index (χ3v) is 10.3. The quantitative estimate of drug-likeness (QED) is 0.0511. The summed E-state index contributed by atoms with van der Waals surface area (Å²) in [6, 6.07) is 16.9. The average molecular weight is 830 g/mol. The van der Waals surface area contributed by atoms with Crippen molar-refractivity contribution >= 4 is 65.0 Å². The first-order valence-corrected chi connectivity index (χ1v) is 19.8. The largest absolute Gasteiger partial charge is 0.481 e. The van der Waals surface area contributed by atoms with Gasteiger partial charge in [-0.1, -0.05) is 99.1 Å². The van der Waals surface area contributed by atoms with E-state index in [2.05, 4.69) is 44.2 Å². The lowest BCUT2D eigenvalue weighted by Crippen LogP contribution is -2.61. The molecule has 0 spiro atoms. The first-order chi connectivity index (χ1) is 28.2. The fourth-order valence-corrected chi connectivity index (χ4v) is 6.61. The second-order valence-corrected chi connectivity index (χ2v) is 14.6. The maximum absolute atomic E-state index is 14.1. The number of aromatic nitrogens is 1. The molecule has 0 fully saturated rings. The van der Waals surface area contributed by atoms with Gasteiger partial charge in [-0.25, -0.2) is 4.79 Å². The molecule has 0 aliphatic heterocycles. The molecule has 16 nitrogen and oxygen atoms in total. The van der Waals surface area contributed by atoms with E-state index in [-0.39, 0.29) is 25.0 Å². The van der Waals surface area contributed by atoms with Gasteiger partial charge in [0.2, 0.25) is 29.5 Å². The summed E-state index contributed by atoms with van der Waals surface area (Å²) in [6.45, 7) is 3.58. The van der Waals surface area contributed by atoms with Crippen LogP contribution in [0.25, 0.3) is 10.9 Å². The molecule has 0 radical (unpaired) electrons. The van der Waals surface area contributed by atoms with Crippen molar-refractivity contribution in [1.29, 1.82) is 0 Å². The molecule has 3 aromatic carbocycles. The molecule has 0 saturated heterocycles. The van der Waals surface area contributed by atoms with Crippen LogP contribution in [0.2, 0.25) is 0 Å². The first-order valence-electron chi connectivity index (χ1n) is 19.2. The zero-order valence-electron chi connectivity index (χ0n) is 32.7. The molecule has 0 bridgehead atoms. The van der Waals surface area contributed by atoms with E-state index in [1.54, 1.807) is 67.7 Å². The Morgan fingerprint density at radius 1 is 0.644 bits per heavy atom. The van der Waals surface area contributed by atoms with Crippen molar-refractivity contribution < 1.29 is 43.8 Å². The number of carboxylic acids is 2. The lowest BCUT2D eigenvalue weighted by atomic mass is 9.96. The van der Waals surface area contributed by atoms with Gasteiger partial charge in [0.15, 0.2) is 0 Å². The van der Waals surface area contributed by atoms with Crippen LogP contribution in [0, 0.1) is 5.92 Å². The topological polar surface area (TPSA) is 262 Å². The minimum Gasteiger partial charge on any atom is -0.481 e. The predicted molar refractivity (Wildman–Crippen MR) is 223 cm³/mol. The number of aromatic amines is 1. The standard InChI is InChI=1S/C42H51N7O9S/c1-3-24(2)36(49-37(52)29(43)18-25-12-6-4-7-13-25)41(56)47-31(19-26-14-8-5-9-15-26)38(53)46-33(21-35(50)51)40(55)45-32(39(54)48-34(23-59)42(57)58)20-27-22-44-30-17-11-10-16-28(27)30/h4-17,22,24,29,31-34,36,44,59H,3,18-21,23,43H2,1-2H3,(H,45,55)(H,46,53)(H,47,56)(H,48,54)(H,49,52)(H,50,51)(H,57,58)/t24-,29-,31-,32-,33-,34-,36-/m0/s1. The third-order valence-electron chi connectivity index (χ3n) is 9.88. The molecule has 0 saturated carbocycles. The van der Waals surface area contributed by atoms with Crippen molar-refractivity contribution in [3.05, 3.63) is 108 Å². The highest BCUT2D eigenvalue weighted by Gasteiger charge is 2.35. The van der Waals surface area contributed by atoms with Gasteiger partial charge < -0.3 is 47.5 Å². The smallest absolute Gasteiger partial charge is 0.327 e. The summed E-state index contributed by atoms with van der Waals surface area (Å²) in [4.78, 5) is 95.7. The molecule has 0 aliphatic rings. The molecule has 4 aromatic rings. The number of carbonyl (C=O) groups is 7. The number of hydrogen-bond donors (Lipinski definition) is 10. The highest BCUT2D eigenvalue weighted by Crippen LogP contribution is 2.20. The molecule has 4 rings (SSSR count). The molecule has 17 heteroatoms. The molecule has 59 heavy (non-hydrogen) atoms. The van der Waals surface area contributed by atoms with Crippen LogP contribution < -0.4 is 32.3 Å². The highest BCUT2D eigenvalue weighted by molar-refractivity contribution is 7.80. The number of thiol groups is 1. The zero-order valence-corrected chi connectivity index (χ0v) is 33.6. The molecular weight excluding hydrogens is 779 g/mol. The summed E-state index contributed by atoms with van der Waals surface area (Å²) in [5.74, 6) is -7.63. The molecule has 5 amide bonds. The fourth-order valence-electron chi connectivity index (χ4n) is 6.36. The number of H-pyrrole nitrogens is 1. The maximum Gasteiger partial charge on any atom is 0.327 e. The second kappa shape index (κ2) is 22.1. The number of amides is 5. The average Bonchev–Trinajstić information content (AvgIpc) is 3.63.